The van der Waals surface area contributed by atoms with Gasteiger partial charge >= 0.3 is 5.97 Å². The average molecular weight is 288 g/mol. The highest BCUT2D eigenvalue weighted by atomic mass is 16.5. The number of hydrogen-bond acceptors (Lipinski definition) is 4. The van der Waals surface area contributed by atoms with Gasteiger partial charge in [0.25, 0.3) is 0 Å². The van der Waals surface area contributed by atoms with Gasteiger partial charge in [-0.25, -0.2) is 4.79 Å². The number of nitrogens with one attached hydrogen (secondary N) is 1. The van der Waals surface area contributed by atoms with Crippen LogP contribution >= 0.6 is 0 Å². The maximum atomic E-state index is 12.0. The molecule has 1 aromatic rings. The highest BCUT2D eigenvalue weighted by Gasteiger charge is 2.32. The molecule has 1 atom stereocenters. The molecule has 114 valence electrons. The highest BCUT2D eigenvalue weighted by Crippen LogP contribution is 2.24. The standard InChI is InChI=1S/C17H24N2O2/c20-17(14-5-2-1-3-6-14)21-13-16-7-4-12-19(16)15-8-10-18-11-9-15/h1-3,5-6,15-16,18H,4,7-13H2/t16-/m0/s1. The van der Waals surface area contributed by atoms with Crippen LogP contribution in [0.4, 0.5) is 0 Å². The van der Waals surface area contributed by atoms with Crippen LogP contribution in [0.5, 0.6) is 0 Å². The predicted octanol–water partition coefficient (Wildman–Crippen LogP) is 2.06. The minimum absolute atomic E-state index is 0.201. The van der Waals surface area contributed by atoms with E-state index in [1.54, 1.807) is 0 Å². The van der Waals surface area contributed by atoms with Gasteiger partial charge in [0.1, 0.15) is 6.61 Å². The summed E-state index contributed by atoms with van der Waals surface area (Å²) in [7, 11) is 0. The van der Waals surface area contributed by atoms with Crippen LogP contribution in [0.3, 0.4) is 0 Å². The molecule has 0 saturated carbocycles. The SMILES string of the molecule is O=C(OC[C@@H]1CCCN1C1CCNCC1)c1ccccc1. The molecule has 1 N–H and O–H groups in total. The summed E-state index contributed by atoms with van der Waals surface area (Å²) >= 11 is 0. The molecule has 0 amide bonds. The lowest BCUT2D eigenvalue weighted by molar-refractivity contribution is 0.0330. The van der Waals surface area contributed by atoms with Gasteiger partial charge in [-0.3, -0.25) is 4.90 Å². The lowest BCUT2D eigenvalue weighted by Crippen LogP contribution is -2.46. The number of rotatable bonds is 4. The van der Waals surface area contributed by atoms with Crippen LogP contribution in [-0.2, 0) is 4.74 Å². The number of benzene rings is 1. The molecule has 4 heteroatoms. The molecular weight excluding hydrogens is 264 g/mol. The molecule has 2 aliphatic rings. The molecule has 0 unspecified atom stereocenters. The van der Waals surface area contributed by atoms with Crippen molar-refractivity contribution in [3.63, 3.8) is 0 Å². The summed E-state index contributed by atoms with van der Waals surface area (Å²) in [5.74, 6) is -0.201. The average Bonchev–Trinajstić information content (AvgIpc) is 3.03. The number of likely N-dealkylation sites (tertiary alicyclic amines) is 1. The van der Waals surface area contributed by atoms with Crippen LogP contribution in [0.25, 0.3) is 0 Å². The second-order valence-corrected chi connectivity index (χ2v) is 5.98. The summed E-state index contributed by atoms with van der Waals surface area (Å²) in [6, 6.07) is 10.3. The third-order valence-electron chi connectivity index (χ3n) is 4.62. The second kappa shape index (κ2) is 7.05. The number of hydrogen-bond donors (Lipinski definition) is 1. The van der Waals surface area contributed by atoms with Gasteiger partial charge in [-0.05, 0) is 57.5 Å². The molecule has 1 aromatic carbocycles. The number of esters is 1. The van der Waals surface area contributed by atoms with E-state index < -0.39 is 0 Å². The Labute approximate surface area is 126 Å². The Morgan fingerprint density at radius 1 is 1.19 bits per heavy atom. The number of nitrogens with zero attached hydrogens (tertiary/aromatic N) is 1. The zero-order valence-electron chi connectivity index (χ0n) is 12.5. The Bertz CT molecular complexity index is 457. The lowest BCUT2D eigenvalue weighted by atomic mass is 10.0. The summed E-state index contributed by atoms with van der Waals surface area (Å²) in [5, 5.41) is 3.41. The molecular formula is C17H24N2O2. The molecule has 4 nitrogen and oxygen atoms in total. The first-order valence-corrected chi connectivity index (χ1v) is 8.03. The molecule has 2 aliphatic heterocycles. The van der Waals surface area contributed by atoms with Gasteiger partial charge in [-0.2, -0.15) is 0 Å². The van der Waals surface area contributed by atoms with Gasteiger partial charge < -0.3 is 10.1 Å². The van der Waals surface area contributed by atoms with Crippen molar-refractivity contribution in [3.05, 3.63) is 35.9 Å². The molecule has 3 rings (SSSR count). The van der Waals surface area contributed by atoms with Crippen molar-refractivity contribution in [1.29, 1.82) is 0 Å². The number of carbonyl (C=O) groups excluding carboxylic acids is 1. The van der Waals surface area contributed by atoms with Crippen LogP contribution in [-0.4, -0.2) is 49.2 Å². The number of ether oxygens (including phenoxy) is 1. The highest BCUT2D eigenvalue weighted by molar-refractivity contribution is 5.89. The molecule has 2 saturated heterocycles. The van der Waals surface area contributed by atoms with Crippen LogP contribution < -0.4 is 5.32 Å². The monoisotopic (exact) mass is 288 g/mol. The molecule has 0 aromatic heterocycles. The van der Waals surface area contributed by atoms with E-state index in [2.05, 4.69) is 10.2 Å². The molecule has 2 heterocycles. The van der Waals surface area contributed by atoms with Gasteiger partial charge in [0.05, 0.1) is 5.56 Å². The Hall–Kier alpha value is -1.39. The molecule has 0 aliphatic carbocycles. The first-order chi connectivity index (χ1) is 10.3. The summed E-state index contributed by atoms with van der Waals surface area (Å²) in [6.45, 7) is 3.89. The summed E-state index contributed by atoms with van der Waals surface area (Å²) in [4.78, 5) is 14.6. The quantitative estimate of drug-likeness (QED) is 0.861. The fraction of sp³-hybridized carbons (Fsp3) is 0.588. The normalized spacial score (nSPS) is 24.1. The van der Waals surface area contributed by atoms with Crippen molar-refractivity contribution >= 4 is 5.97 Å². The molecule has 21 heavy (non-hydrogen) atoms. The van der Waals surface area contributed by atoms with E-state index in [1.807, 2.05) is 30.3 Å². The topological polar surface area (TPSA) is 41.6 Å². The van der Waals surface area contributed by atoms with E-state index in [4.69, 9.17) is 4.74 Å². The summed E-state index contributed by atoms with van der Waals surface area (Å²) in [5.41, 5.74) is 0.643. The molecule has 2 fully saturated rings. The Morgan fingerprint density at radius 2 is 1.95 bits per heavy atom. The maximum Gasteiger partial charge on any atom is 0.338 e. The van der Waals surface area contributed by atoms with Crippen LogP contribution in [0.1, 0.15) is 36.0 Å². The fourth-order valence-corrected chi connectivity index (χ4v) is 3.49. The maximum absolute atomic E-state index is 12.0. The predicted molar refractivity (Wildman–Crippen MR) is 82.3 cm³/mol. The van der Waals surface area contributed by atoms with E-state index in [0.29, 0.717) is 24.3 Å². The minimum Gasteiger partial charge on any atom is -0.460 e. The van der Waals surface area contributed by atoms with Gasteiger partial charge in [0.15, 0.2) is 0 Å². The van der Waals surface area contributed by atoms with E-state index in [0.717, 1.165) is 26.1 Å². The zero-order chi connectivity index (χ0) is 14.5. The van der Waals surface area contributed by atoms with E-state index in [1.165, 1.54) is 19.3 Å². The first kappa shape index (κ1) is 14.5. The van der Waals surface area contributed by atoms with E-state index >= 15 is 0 Å². The van der Waals surface area contributed by atoms with Crippen LogP contribution in [0.15, 0.2) is 30.3 Å². The van der Waals surface area contributed by atoms with Gasteiger partial charge in [0.2, 0.25) is 0 Å². The van der Waals surface area contributed by atoms with Crippen molar-refractivity contribution in [1.82, 2.24) is 10.2 Å². The van der Waals surface area contributed by atoms with Crippen LogP contribution in [0.2, 0.25) is 0 Å². The first-order valence-electron chi connectivity index (χ1n) is 8.03. The van der Waals surface area contributed by atoms with Crippen molar-refractivity contribution in [2.24, 2.45) is 0 Å². The third-order valence-corrected chi connectivity index (χ3v) is 4.62. The van der Waals surface area contributed by atoms with Gasteiger partial charge in [-0.1, -0.05) is 18.2 Å². The van der Waals surface area contributed by atoms with Crippen LogP contribution in [0, 0.1) is 0 Å². The fourth-order valence-electron chi connectivity index (χ4n) is 3.49. The molecule has 0 spiro atoms. The lowest BCUT2D eigenvalue weighted by Gasteiger charge is -2.35. The van der Waals surface area contributed by atoms with Crippen molar-refractivity contribution < 1.29 is 9.53 Å². The Morgan fingerprint density at radius 3 is 2.71 bits per heavy atom. The third kappa shape index (κ3) is 3.63. The zero-order valence-corrected chi connectivity index (χ0v) is 12.5. The van der Waals surface area contributed by atoms with E-state index in [9.17, 15) is 4.79 Å². The second-order valence-electron chi connectivity index (χ2n) is 5.98. The van der Waals surface area contributed by atoms with E-state index in [-0.39, 0.29) is 5.97 Å². The summed E-state index contributed by atoms with van der Waals surface area (Å²) < 4.78 is 5.54. The summed E-state index contributed by atoms with van der Waals surface area (Å²) in [6.07, 6.45) is 4.79. The number of carbonyl (C=O) groups is 1. The smallest absolute Gasteiger partial charge is 0.338 e. The Balaban J connectivity index is 1.53. The largest absolute Gasteiger partial charge is 0.460 e. The molecule has 0 radical (unpaired) electrons. The van der Waals surface area contributed by atoms with Gasteiger partial charge in [0, 0.05) is 12.1 Å². The Kier molecular flexibility index (Phi) is 4.88. The minimum atomic E-state index is -0.201. The van der Waals surface area contributed by atoms with Crippen molar-refractivity contribution in [2.75, 3.05) is 26.2 Å². The van der Waals surface area contributed by atoms with Gasteiger partial charge in [-0.15, -0.1) is 0 Å². The van der Waals surface area contributed by atoms with Crippen molar-refractivity contribution in [2.45, 2.75) is 37.8 Å². The van der Waals surface area contributed by atoms with Crippen molar-refractivity contribution in [3.8, 4) is 0 Å². The number of piperidine rings is 1. The molecule has 0 bridgehead atoms.